The van der Waals surface area contributed by atoms with Crippen molar-refractivity contribution in [3.8, 4) is 11.1 Å². The van der Waals surface area contributed by atoms with Crippen LogP contribution in [0.2, 0.25) is 0 Å². The van der Waals surface area contributed by atoms with E-state index in [9.17, 15) is 0 Å². The third-order valence-corrected chi connectivity index (χ3v) is 8.42. The van der Waals surface area contributed by atoms with Gasteiger partial charge in [0.2, 0.25) is 0 Å². The van der Waals surface area contributed by atoms with Crippen molar-refractivity contribution in [2.45, 2.75) is 51.9 Å². The summed E-state index contributed by atoms with van der Waals surface area (Å²) in [5, 5.41) is 2.19. The van der Waals surface area contributed by atoms with E-state index in [1.807, 2.05) is 48.5 Å². The van der Waals surface area contributed by atoms with E-state index >= 15 is 0 Å². The summed E-state index contributed by atoms with van der Waals surface area (Å²) in [7, 11) is 8.48. The average molecular weight is 575 g/mol. The van der Waals surface area contributed by atoms with Crippen LogP contribution in [0.3, 0.4) is 0 Å². The van der Waals surface area contributed by atoms with Gasteiger partial charge in [-0.25, -0.2) is 0 Å². The SMILES string of the molecule is CN(C)c1ccc(P(C(C)(C)C)C(C)(C)C)cc1.Nc1ccccc1-c1[c-]cccc1.[Cl][Pd+]. The van der Waals surface area contributed by atoms with Gasteiger partial charge in [0.05, 0.1) is 0 Å². The molecule has 3 aromatic rings. The molecule has 0 heterocycles. The number of anilines is 2. The second-order valence-electron chi connectivity index (χ2n) is 9.95. The first-order valence-electron chi connectivity index (χ1n) is 10.9. The van der Waals surface area contributed by atoms with Gasteiger partial charge in [0.25, 0.3) is 0 Å². The molecular weight excluding hydrogens is 537 g/mol. The number of para-hydroxylation sites is 1. The van der Waals surface area contributed by atoms with Crippen LogP contribution in [0.4, 0.5) is 11.4 Å². The first-order chi connectivity index (χ1) is 15.4. The van der Waals surface area contributed by atoms with E-state index in [1.165, 1.54) is 11.0 Å². The van der Waals surface area contributed by atoms with Crippen molar-refractivity contribution >= 4 is 34.1 Å². The Kier molecular flexibility index (Phi) is 12.1. The Hall–Kier alpha value is -1.36. The number of nitrogen functional groups attached to an aromatic ring is 1. The Morgan fingerprint density at radius 2 is 1.30 bits per heavy atom. The van der Waals surface area contributed by atoms with Crippen LogP contribution in [0.1, 0.15) is 41.5 Å². The molecule has 5 heteroatoms. The van der Waals surface area contributed by atoms with Crippen molar-refractivity contribution in [1.82, 2.24) is 0 Å². The summed E-state index contributed by atoms with van der Waals surface area (Å²) in [6.07, 6.45) is 0. The number of rotatable bonds is 3. The van der Waals surface area contributed by atoms with E-state index < -0.39 is 0 Å². The molecule has 182 valence electrons. The van der Waals surface area contributed by atoms with Crippen molar-refractivity contribution in [2.75, 3.05) is 24.7 Å². The third-order valence-electron chi connectivity index (χ3n) is 4.93. The third kappa shape index (κ3) is 9.43. The second kappa shape index (κ2) is 13.5. The van der Waals surface area contributed by atoms with Crippen LogP contribution in [0.5, 0.6) is 0 Å². The molecule has 0 saturated heterocycles. The zero-order chi connectivity index (χ0) is 25.2. The topological polar surface area (TPSA) is 29.3 Å². The zero-order valence-electron chi connectivity index (χ0n) is 21.1. The van der Waals surface area contributed by atoms with Crippen molar-refractivity contribution in [3.05, 3.63) is 78.9 Å². The molecule has 0 bridgehead atoms. The predicted molar refractivity (Wildman–Crippen MR) is 148 cm³/mol. The first kappa shape index (κ1) is 29.7. The van der Waals surface area contributed by atoms with Crippen molar-refractivity contribution in [1.29, 1.82) is 0 Å². The predicted octanol–water partition coefficient (Wildman–Crippen LogP) is 7.88. The van der Waals surface area contributed by atoms with Gasteiger partial charge in [-0.3, -0.25) is 0 Å². The van der Waals surface area contributed by atoms with Crippen LogP contribution in [0, 0.1) is 6.07 Å². The van der Waals surface area contributed by atoms with Gasteiger partial charge in [-0.2, -0.15) is 0 Å². The molecule has 0 aliphatic carbocycles. The molecule has 3 rings (SSSR count). The first-order valence-corrected chi connectivity index (χ1v) is 14.3. The van der Waals surface area contributed by atoms with Crippen LogP contribution in [0.15, 0.2) is 72.8 Å². The summed E-state index contributed by atoms with van der Waals surface area (Å²) < 4.78 is 0. The standard InChI is InChI=1S/C16H28NP.C12H10N.ClH.Pd/c1-15(2,3)18(16(4,5)6)14-11-9-13(10-12-14)17(7)8;13-12-9-5-4-8-11(12)10-6-2-1-3-7-10;;/h9-12H,1-8H3;1-6,8-9H,13H2;1H;/q;-1;;+2/p-1. The zero-order valence-corrected chi connectivity index (χ0v) is 24.3. The molecule has 0 saturated carbocycles. The quantitative estimate of drug-likeness (QED) is 0.149. The molecule has 33 heavy (non-hydrogen) atoms. The molecule has 2 nitrogen and oxygen atoms in total. The fourth-order valence-electron chi connectivity index (χ4n) is 3.98. The summed E-state index contributed by atoms with van der Waals surface area (Å²) in [6, 6.07) is 27.9. The summed E-state index contributed by atoms with van der Waals surface area (Å²) in [6.45, 7) is 14.2. The minimum absolute atomic E-state index is 0.188. The molecule has 0 spiro atoms. The van der Waals surface area contributed by atoms with Gasteiger partial charge < -0.3 is 10.6 Å². The summed E-state index contributed by atoms with van der Waals surface area (Å²) >= 11 is 2.22. The fraction of sp³-hybridized carbons (Fsp3) is 0.357. The van der Waals surface area contributed by atoms with Gasteiger partial charge in [-0.1, -0.05) is 85.4 Å². The number of hydrogen-bond donors (Lipinski definition) is 1. The summed E-state index contributed by atoms with van der Waals surface area (Å²) in [5.41, 5.74) is 9.99. The van der Waals surface area contributed by atoms with E-state index in [2.05, 4.69) is 119 Å². The number of halogens is 1. The molecule has 0 unspecified atom stereocenters. The molecule has 0 radical (unpaired) electrons. The van der Waals surface area contributed by atoms with Gasteiger partial charge >= 0.3 is 27.7 Å². The van der Waals surface area contributed by atoms with E-state index in [0.29, 0.717) is 10.3 Å². The van der Waals surface area contributed by atoms with Gasteiger partial charge in [-0.15, -0.1) is 35.9 Å². The number of nitrogens with zero attached hydrogens (tertiary/aromatic N) is 1. The normalized spacial score (nSPS) is 11.2. The molecule has 3 aromatic carbocycles. The van der Waals surface area contributed by atoms with Crippen LogP contribution < -0.4 is 15.9 Å². The van der Waals surface area contributed by atoms with Crippen molar-refractivity contribution < 1.29 is 18.2 Å². The number of nitrogens with two attached hydrogens (primary N) is 1. The van der Waals surface area contributed by atoms with Gasteiger partial charge in [0.1, 0.15) is 0 Å². The second-order valence-corrected chi connectivity index (χ2v) is 13.8. The number of benzene rings is 3. The summed E-state index contributed by atoms with van der Waals surface area (Å²) in [5.74, 6) is 0. The Bertz CT molecular complexity index is 932. The molecule has 0 fully saturated rings. The van der Waals surface area contributed by atoms with Gasteiger partial charge in [0, 0.05) is 19.8 Å². The Labute approximate surface area is 218 Å². The van der Waals surface area contributed by atoms with Crippen LogP contribution >= 0.6 is 17.5 Å². The Balaban J connectivity index is 0.000000319. The molecule has 2 N–H and O–H groups in total. The van der Waals surface area contributed by atoms with Crippen LogP contribution in [-0.4, -0.2) is 24.4 Å². The van der Waals surface area contributed by atoms with E-state index in [-0.39, 0.29) is 7.92 Å². The van der Waals surface area contributed by atoms with Crippen LogP contribution in [0.25, 0.3) is 11.1 Å². The summed E-state index contributed by atoms with van der Waals surface area (Å²) in [4.78, 5) is 2.15. The fourth-order valence-corrected chi connectivity index (χ4v) is 7.99. The molecular formula is C28H38ClN2PPd. The van der Waals surface area contributed by atoms with Crippen molar-refractivity contribution in [2.24, 2.45) is 0 Å². The molecule has 0 aliphatic rings. The molecule has 0 atom stereocenters. The monoisotopic (exact) mass is 574 g/mol. The minimum atomic E-state index is -0.188. The maximum atomic E-state index is 5.83. The Morgan fingerprint density at radius 3 is 1.73 bits per heavy atom. The number of hydrogen-bond acceptors (Lipinski definition) is 2. The van der Waals surface area contributed by atoms with E-state index in [1.54, 1.807) is 0 Å². The Morgan fingerprint density at radius 1 is 0.788 bits per heavy atom. The van der Waals surface area contributed by atoms with Crippen molar-refractivity contribution in [3.63, 3.8) is 0 Å². The molecule has 0 aliphatic heterocycles. The molecule has 0 amide bonds. The van der Waals surface area contributed by atoms with Gasteiger partial charge in [0.15, 0.2) is 0 Å². The van der Waals surface area contributed by atoms with E-state index in [0.717, 1.165) is 16.8 Å². The molecule has 0 aromatic heterocycles. The maximum absolute atomic E-state index is 5.83. The van der Waals surface area contributed by atoms with E-state index in [4.69, 9.17) is 5.73 Å². The van der Waals surface area contributed by atoms with Crippen LogP contribution in [-0.2, 0) is 18.2 Å². The van der Waals surface area contributed by atoms with Gasteiger partial charge in [-0.05, 0) is 39.5 Å². The average Bonchev–Trinajstić information content (AvgIpc) is 2.75.